The number of amides is 1. The summed E-state index contributed by atoms with van der Waals surface area (Å²) in [5.41, 5.74) is 2.85. The Morgan fingerprint density at radius 1 is 1.13 bits per heavy atom. The molecule has 0 bridgehead atoms. The van der Waals surface area contributed by atoms with Gasteiger partial charge in [0.15, 0.2) is 16.8 Å². The van der Waals surface area contributed by atoms with E-state index in [-0.39, 0.29) is 11.7 Å². The van der Waals surface area contributed by atoms with Crippen molar-refractivity contribution in [1.29, 1.82) is 0 Å². The molecule has 2 aromatic heterocycles. The molecule has 0 aliphatic carbocycles. The van der Waals surface area contributed by atoms with Crippen LogP contribution in [0.25, 0.3) is 17.1 Å². The number of nitrogens with zero attached hydrogens (tertiary/aromatic N) is 4. The number of hydrogen-bond acceptors (Lipinski definition) is 7. The van der Waals surface area contributed by atoms with E-state index >= 15 is 0 Å². The number of aryl methyl sites for hydroxylation is 2. The summed E-state index contributed by atoms with van der Waals surface area (Å²) in [5, 5.41) is 15.9. The summed E-state index contributed by atoms with van der Waals surface area (Å²) < 4.78 is 12.4. The minimum absolute atomic E-state index is 0.141. The predicted octanol–water partition coefficient (Wildman–Crippen LogP) is 4.28. The molecule has 1 amide bonds. The number of para-hydroxylation sites is 1. The molecule has 0 aliphatic rings. The Labute approximate surface area is 183 Å². The average molecular weight is 436 g/mol. The molecule has 4 aromatic rings. The molecule has 158 valence electrons. The fraction of sp³-hybridized carbons (Fsp3) is 0.182. The number of anilines is 1. The number of rotatable bonds is 7. The Hall–Kier alpha value is -3.59. The molecular formula is C22H21N5O3S. The number of nitrogens with one attached hydrogen (secondary N) is 1. The van der Waals surface area contributed by atoms with E-state index in [1.165, 1.54) is 11.8 Å². The lowest BCUT2D eigenvalue weighted by Gasteiger charge is -2.12. The number of hydrogen-bond donors (Lipinski definition) is 1. The minimum Gasteiger partial charge on any atom is -0.496 e. The van der Waals surface area contributed by atoms with E-state index in [2.05, 4.69) is 20.7 Å². The van der Waals surface area contributed by atoms with E-state index in [1.54, 1.807) is 20.1 Å². The highest BCUT2D eigenvalue weighted by molar-refractivity contribution is 7.99. The van der Waals surface area contributed by atoms with Gasteiger partial charge in [0.25, 0.3) is 0 Å². The second-order valence-electron chi connectivity index (χ2n) is 6.84. The zero-order valence-electron chi connectivity index (χ0n) is 17.3. The average Bonchev–Trinajstić information content (AvgIpc) is 3.38. The topological polar surface area (TPSA) is 95.1 Å². The van der Waals surface area contributed by atoms with Gasteiger partial charge in [0.2, 0.25) is 5.91 Å². The fourth-order valence-corrected chi connectivity index (χ4v) is 3.78. The third-order valence-electron chi connectivity index (χ3n) is 4.50. The lowest BCUT2D eigenvalue weighted by molar-refractivity contribution is -0.113. The Kier molecular flexibility index (Phi) is 6.03. The van der Waals surface area contributed by atoms with Crippen molar-refractivity contribution in [2.45, 2.75) is 19.0 Å². The summed E-state index contributed by atoms with van der Waals surface area (Å²) in [5.74, 6) is 2.27. The smallest absolute Gasteiger partial charge is 0.236 e. The van der Waals surface area contributed by atoms with E-state index in [1.807, 2.05) is 60.0 Å². The number of benzene rings is 2. The fourth-order valence-electron chi connectivity index (χ4n) is 3.03. The van der Waals surface area contributed by atoms with E-state index in [4.69, 9.17) is 9.26 Å². The highest BCUT2D eigenvalue weighted by Gasteiger charge is 2.20. The molecular weight excluding hydrogens is 414 g/mol. The van der Waals surface area contributed by atoms with Gasteiger partial charge in [-0.05, 0) is 38.1 Å². The van der Waals surface area contributed by atoms with Crippen LogP contribution in [0.3, 0.4) is 0 Å². The van der Waals surface area contributed by atoms with Crippen molar-refractivity contribution in [3.05, 3.63) is 65.9 Å². The maximum atomic E-state index is 12.4. The molecule has 8 nitrogen and oxygen atoms in total. The molecule has 0 saturated carbocycles. The number of thioether (sulfide) groups is 1. The van der Waals surface area contributed by atoms with E-state index < -0.39 is 0 Å². The number of carbonyl (C=O) groups excluding carboxylic acids is 1. The van der Waals surface area contributed by atoms with Gasteiger partial charge >= 0.3 is 0 Å². The standard InChI is InChI=1S/C22H21N5O3S/c1-14-8-10-16(11-9-14)27-21(17-6-4-5-7-18(17)29-3)24-25-22(27)31-13-20(28)23-19-12-15(2)30-26-19/h4-12H,13H2,1-3H3,(H,23,26,28). The highest BCUT2D eigenvalue weighted by Crippen LogP contribution is 2.33. The molecule has 0 saturated heterocycles. The molecule has 0 radical (unpaired) electrons. The molecule has 1 N–H and O–H groups in total. The molecule has 0 unspecified atom stereocenters. The first-order valence-electron chi connectivity index (χ1n) is 9.57. The van der Waals surface area contributed by atoms with Crippen molar-refractivity contribution in [3.63, 3.8) is 0 Å². The summed E-state index contributed by atoms with van der Waals surface area (Å²) in [4.78, 5) is 12.4. The van der Waals surface area contributed by atoms with Gasteiger partial charge in [-0.25, -0.2) is 0 Å². The van der Waals surface area contributed by atoms with Crippen LogP contribution in [0.15, 0.2) is 64.3 Å². The summed E-state index contributed by atoms with van der Waals surface area (Å²) in [7, 11) is 1.62. The highest BCUT2D eigenvalue weighted by atomic mass is 32.2. The Morgan fingerprint density at radius 2 is 1.90 bits per heavy atom. The maximum Gasteiger partial charge on any atom is 0.236 e. The first-order valence-corrected chi connectivity index (χ1v) is 10.6. The number of aromatic nitrogens is 4. The maximum absolute atomic E-state index is 12.4. The van der Waals surface area contributed by atoms with Crippen LogP contribution < -0.4 is 10.1 Å². The normalized spacial score (nSPS) is 10.8. The summed E-state index contributed by atoms with van der Waals surface area (Å²) in [6.07, 6.45) is 0. The van der Waals surface area contributed by atoms with Crippen molar-refractivity contribution in [1.82, 2.24) is 19.9 Å². The van der Waals surface area contributed by atoms with Gasteiger partial charge < -0.3 is 14.6 Å². The van der Waals surface area contributed by atoms with Gasteiger partial charge in [-0.15, -0.1) is 10.2 Å². The summed E-state index contributed by atoms with van der Waals surface area (Å²) >= 11 is 1.29. The van der Waals surface area contributed by atoms with Crippen LogP contribution in [-0.2, 0) is 4.79 Å². The first-order chi connectivity index (χ1) is 15.0. The van der Waals surface area contributed by atoms with Gasteiger partial charge in [-0.3, -0.25) is 9.36 Å². The van der Waals surface area contributed by atoms with Crippen LogP contribution in [-0.4, -0.2) is 38.7 Å². The zero-order valence-corrected chi connectivity index (χ0v) is 18.1. The van der Waals surface area contributed by atoms with Crippen LogP contribution in [0.2, 0.25) is 0 Å². The van der Waals surface area contributed by atoms with Gasteiger partial charge in [0, 0.05) is 11.8 Å². The van der Waals surface area contributed by atoms with Gasteiger partial charge in [-0.2, -0.15) is 0 Å². The second-order valence-corrected chi connectivity index (χ2v) is 7.78. The summed E-state index contributed by atoms with van der Waals surface area (Å²) in [6.45, 7) is 3.80. The van der Waals surface area contributed by atoms with Crippen LogP contribution >= 0.6 is 11.8 Å². The van der Waals surface area contributed by atoms with Crippen molar-refractivity contribution < 1.29 is 14.1 Å². The first kappa shape index (κ1) is 20.7. The third-order valence-corrected chi connectivity index (χ3v) is 5.43. The second kappa shape index (κ2) is 9.05. The Morgan fingerprint density at radius 3 is 2.61 bits per heavy atom. The molecule has 2 heterocycles. The van der Waals surface area contributed by atoms with E-state index in [0.717, 1.165) is 16.8 Å². The number of methoxy groups -OCH3 is 1. The van der Waals surface area contributed by atoms with Crippen LogP contribution in [0.5, 0.6) is 5.75 Å². The molecule has 0 fully saturated rings. The zero-order chi connectivity index (χ0) is 21.8. The molecule has 0 spiro atoms. The molecule has 9 heteroatoms. The number of ether oxygens (including phenoxy) is 1. The van der Waals surface area contributed by atoms with Crippen LogP contribution in [0.4, 0.5) is 5.82 Å². The van der Waals surface area contributed by atoms with Crippen molar-refractivity contribution in [3.8, 4) is 22.8 Å². The quantitative estimate of drug-likeness (QED) is 0.433. The Balaban J connectivity index is 1.65. The minimum atomic E-state index is -0.212. The third kappa shape index (κ3) is 4.61. The molecule has 2 aromatic carbocycles. The van der Waals surface area contributed by atoms with Gasteiger partial charge in [-0.1, -0.05) is 46.7 Å². The predicted molar refractivity (Wildman–Crippen MR) is 119 cm³/mol. The lowest BCUT2D eigenvalue weighted by atomic mass is 10.1. The largest absolute Gasteiger partial charge is 0.496 e. The summed E-state index contributed by atoms with van der Waals surface area (Å²) in [6, 6.07) is 17.3. The van der Waals surface area contributed by atoms with Gasteiger partial charge in [0.05, 0.1) is 18.4 Å². The molecule has 31 heavy (non-hydrogen) atoms. The lowest BCUT2D eigenvalue weighted by Crippen LogP contribution is -2.14. The van der Waals surface area contributed by atoms with E-state index in [9.17, 15) is 4.79 Å². The van der Waals surface area contributed by atoms with Gasteiger partial charge in [0.1, 0.15) is 11.5 Å². The molecule has 0 atom stereocenters. The van der Waals surface area contributed by atoms with Crippen LogP contribution in [0.1, 0.15) is 11.3 Å². The van der Waals surface area contributed by atoms with Crippen LogP contribution in [0, 0.1) is 13.8 Å². The van der Waals surface area contributed by atoms with Crippen molar-refractivity contribution in [2.75, 3.05) is 18.2 Å². The SMILES string of the molecule is COc1ccccc1-c1nnc(SCC(=O)Nc2cc(C)on2)n1-c1ccc(C)cc1. The Bertz CT molecular complexity index is 1200. The number of carbonyl (C=O) groups is 1. The monoisotopic (exact) mass is 435 g/mol. The molecule has 0 aliphatic heterocycles. The van der Waals surface area contributed by atoms with E-state index in [0.29, 0.717) is 28.3 Å². The van der Waals surface area contributed by atoms with Crippen molar-refractivity contribution >= 4 is 23.5 Å². The van der Waals surface area contributed by atoms with Crippen molar-refractivity contribution in [2.24, 2.45) is 0 Å². The molecule has 4 rings (SSSR count).